The Labute approximate surface area is 117 Å². The average Bonchev–Trinajstić information content (AvgIpc) is 3.01. The van der Waals surface area contributed by atoms with Crippen LogP contribution in [0.1, 0.15) is 11.4 Å². The first kappa shape index (κ1) is 11.9. The molecule has 0 fully saturated rings. The molecule has 0 atom stereocenters. The molecular formula is C12H10BrN5O. The van der Waals surface area contributed by atoms with Crippen molar-refractivity contribution >= 4 is 21.7 Å². The van der Waals surface area contributed by atoms with Gasteiger partial charge in [0.15, 0.2) is 5.82 Å². The molecule has 0 spiro atoms. The Morgan fingerprint density at radius 1 is 1.32 bits per heavy atom. The molecule has 0 amide bonds. The number of rotatable bonds is 3. The molecule has 0 aliphatic carbocycles. The maximum absolute atomic E-state index is 5.53. The molecule has 3 N–H and O–H groups in total. The maximum Gasteiger partial charge on any atom is 0.276 e. The number of hydrogen-bond acceptors (Lipinski definition) is 5. The van der Waals surface area contributed by atoms with E-state index in [0.717, 1.165) is 10.0 Å². The van der Waals surface area contributed by atoms with Crippen LogP contribution < -0.4 is 5.73 Å². The van der Waals surface area contributed by atoms with Crippen molar-refractivity contribution in [3.05, 3.63) is 46.2 Å². The molecule has 3 aromatic rings. The maximum atomic E-state index is 5.53. The third kappa shape index (κ3) is 2.50. The van der Waals surface area contributed by atoms with Crippen molar-refractivity contribution in [2.24, 2.45) is 0 Å². The van der Waals surface area contributed by atoms with Gasteiger partial charge in [0.05, 0.1) is 0 Å². The summed E-state index contributed by atoms with van der Waals surface area (Å²) in [7, 11) is 0. The van der Waals surface area contributed by atoms with Gasteiger partial charge in [0.1, 0.15) is 11.5 Å². The second-order valence-corrected chi connectivity index (χ2v) is 4.84. The Kier molecular flexibility index (Phi) is 3.04. The molecule has 1 aromatic carbocycles. The van der Waals surface area contributed by atoms with E-state index in [1.807, 2.05) is 24.3 Å². The minimum atomic E-state index is 0.381. The van der Waals surface area contributed by atoms with E-state index < -0.39 is 0 Å². The van der Waals surface area contributed by atoms with E-state index in [2.05, 4.69) is 36.3 Å². The molecule has 6 nitrogen and oxygen atoms in total. The molecule has 0 aliphatic heterocycles. The first-order valence-electron chi connectivity index (χ1n) is 5.59. The number of aromatic nitrogens is 4. The van der Waals surface area contributed by atoms with E-state index in [4.69, 9.17) is 10.3 Å². The summed E-state index contributed by atoms with van der Waals surface area (Å²) in [5, 5.41) is 10.5. The van der Waals surface area contributed by atoms with Gasteiger partial charge in [-0.15, -0.1) is 0 Å². The Hall–Kier alpha value is -2.15. The molecule has 0 aliphatic rings. The highest BCUT2D eigenvalue weighted by molar-refractivity contribution is 9.10. The van der Waals surface area contributed by atoms with E-state index in [1.165, 1.54) is 0 Å². The fourth-order valence-electron chi connectivity index (χ4n) is 1.69. The lowest BCUT2D eigenvalue weighted by molar-refractivity contribution is 0.422. The standard InChI is InChI=1S/C12H10BrN5O/c13-8-4-2-1-3-7(8)5-11-15-12(19-18-11)9-6-10(14)17-16-9/h1-4,6H,5H2,(H3,14,16,17). The summed E-state index contributed by atoms with van der Waals surface area (Å²) in [4.78, 5) is 4.30. The summed E-state index contributed by atoms with van der Waals surface area (Å²) >= 11 is 3.49. The van der Waals surface area contributed by atoms with Gasteiger partial charge in [0, 0.05) is 17.0 Å². The van der Waals surface area contributed by atoms with Crippen molar-refractivity contribution in [1.29, 1.82) is 0 Å². The Morgan fingerprint density at radius 2 is 2.16 bits per heavy atom. The SMILES string of the molecule is Nc1cc(-c2nc(Cc3ccccc3Br)no2)[nH]n1. The van der Waals surface area contributed by atoms with Crippen molar-refractivity contribution in [3.8, 4) is 11.6 Å². The van der Waals surface area contributed by atoms with Crippen molar-refractivity contribution in [2.45, 2.75) is 6.42 Å². The predicted octanol–water partition coefficient (Wildman–Crippen LogP) is 2.40. The largest absolute Gasteiger partial charge is 0.382 e. The monoisotopic (exact) mass is 319 g/mol. The molecule has 0 saturated carbocycles. The lowest BCUT2D eigenvalue weighted by atomic mass is 10.1. The molecule has 7 heteroatoms. The molecule has 2 aromatic heterocycles. The van der Waals surface area contributed by atoms with Gasteiger partial charge >= 0.3 is 0 Å². The summed E-state index contributed by atoms with van der Waals surface area (Å²) < 4.78 is 6.19. The first-order valence-corrected chi connectivity index (χ1v) is 6.39. The lowest BCUT2D eigenvalue weighted by Crippen LogP contribution is -1.91. The number of nitrogens with two attached hydrogens (primary N) is 1. The van der Waals surface area contributed by atoms with Crippen LogP contribution in [0.5, 0.6) is 0 Å². The number of anilines is 1. The van der Waals surface area contributed by atoms with E-state index >= 15 is 0 Å². The number of H-pyrrole nitrogens is 1. The summed E-state index contributed by atoms with van der Waals surface area (Å²) in [6.07, 6.45) is 0.592. The third-order valence-corrected chi connectivity index (χ3v) is 3.38. The van der Waals surface area contributed by atoms with Crippen LogP contribution in [0.15, 0.2) is 39.3 Å². The minimum Gasteiger partial charge on any atom is -0.382 e. The number of nitrogens with one attached hydrogen (secondary N) is 1. The van der Waals surface area contributed by atoms with E-state index in [-0.39, 0.29) is 0 Å². The zero-order valence-electron chi connectivity index (χ0n) is 9.80. The average molecular weight is 320 g/mol. The minimum absolute atomic E-state index is 0.381. The smallest absolute Gasteiger partial charge is 0.276 e. The summed E-state index contributed by atoms with van der Waals surface area (Å²) in [6, 6.07) is 9.56. The van der Waals surface area contributed by atoms with Gasteiger partial charge in [0.25, 0.3) is 5.89 Å². The third-order valence-electron chi connectivity index (χ3n) is 2.60. The van der Waals surface area contributed by atoms with Gasteiger partial charge in [-0.3, -0.25) is 5.10 Å². The van der Waals surface area contributed by atoms with Crippen LogP contribution in [-0.4, -0.2) is 20.3 Å². The predicted molar refractivity (Wildman–Crippen MR) is 73.2 cm³/mol. The van der Waals surface area contributed by atoms with Gasteiger partial charge in [-0.1, -0.05) is 39.3 Å². The zero-order valence-corrected chi connectivity index (χ0v) is 11.4. The summed E-state index contributed by atoms with van der Waals surface area (Å²) in [6.45, 7) is 0. The number of nitrogen functional groups attached to an aromatic ring is 1. The fraction of sp³-hybridized carbons (Fsp3) is 0.0833. The fourth-order valence-corrected chi connectivity index (χ4v) is 2.12. The van der Waals surface area contributed by atoms with E-state index in [0.29, 0.717) is 29.6 Å². The topological polar surface area (TPSA) is 93.6 Å². The molecule has 0 saturated heterocycles. The second kappa shape index (κ2) is 4.85. The highest BCUT2D eigenvalue weighted by Gasteiger charge is 2.12. The Morgan fingerprint density at radius 3 is 2.89 bits per heavy atom. The molecule has 3 rings (SSSR count). The molecular weight excluding hydrogens is 310 g/mol. The van der Waals surface area contributed by atoms with Gasteiger partial charge in [-0.05, 0) is 11.6 Å². The van der Waals surface area contributed by atoms with Gasteiger partial charge < -0.3 is 10.3 Å². The zero-order chi connectivity index (χ0) is 13.2. The van der Waals surface area contributed by atoms with Crippen molar-refractivity contribution in [1.82, 2.24) is 20.3 Å². The van der Waals surface area contributed by atoms with Crippen LogP contribution in [-0.2, 0) is 6.42 Å². The second-order valence-electron chi connectivity index (χ2n) is 3.99. The number of nitrogens with zero attached hydrogens (tertiary/aromatic N) is 3. The van der Waals surface area contributed by atoms with Crippen LogP contribution in [0, 0.1) is 0 Å². The Balaban J connectivity index is 1.84. The lowest BCUT2D eigenvalue weighted by Gasteiger charge is -1.99. The van der Waals surface area contributed by atoms with Crippen LogP contribution in [0.3, 0.4) is 0 Å². The van der Waals surface area contributed by atoms with Crippen LogP contribution in [0.4, 0.5) is 5.82 Å². The van der Waals surface area contributed by atoms with Crippen molar-refractivity contribution in [3.63, 3.8) is 0 Å². The van der Waals surface area contributed by atoms with E-state index in [1.54, 1.807) is 6.07 Å². The normalized spacial score (nSPS) is 10.8. The van der Waals surface area contributed by atoms with E-state index in [9.17, 15) is 0 Å². The van der Waals surface area contributed by atoms with Crippen molar-refractivity contribution < 1.29 is 4.52 Å². The van der Waals surface area contributed by atoms with Crippen LogP contribution in [0.2, 0.25) is 0 Å². The molecule has 19 heavy (non-hydrogen) atoms. The molecule has 0 unspecified atom stereocenters. The molecule has 0 bridgehead atoms. The van der Waals surface area contributed by atoms with Gasteiger partial charge in [0.2, 0.25) is 0 Å². The van der Waals surface area contributed by atoms with Crippen LogP contribution in [0.25, 0.3) is 11.6 Å². The Bertz CT molecular complexity index is 705. The molecule has 0 radical (unpaired) electrons. The van der Waals surface area contributed by atoms with Crippen LogP contribution >= 0.6 is 15.9 Å². The highest BCUT2D eigenvalue weighted by Crippen LogP contribution is 2.20. The summed E-state index contributed by atoms with van der Waals surface area (Å²) in [5.74, 6) is 1.38. The molecule has 96 valence electrons. The number of aromatic amines is 1. The summed E-state index contributed by atoms with van der Waals surface area (Å²) in [5.41, 5.74) is 7.24. The highest BCUT2D eigenvalue weighted by atomic mass is 79.9. The quantitative estimate of drug-likeness (QED) is 0.773. The van der Waals surface area contributed by atoms with Gasteiger partial charge in [-0.2, -0.15) is 10.1 Å². The van der Waals surface area contributed by atoms with Crippen molar-refractivity contribution in [2.75, 3.05) is 5.73 Å². The van der Waals surface area contributed by atoms with Gasteiger partial charge in [-0.25, -0.2) is 0 Å². The first-order chi connectivity index (χ1) is 9.22. The number of benzene rings is 1. The number of hydrogen-bond donors (Lipinski definition) is 2. The molecule has 2 heterocycles. The number of halogens is 1.